The van der Waals surface area contributed by atoms with Crippen molar-refractivity contribution in [3.8, 4) is 5.69 Å². The van der Waals surface area contributed by atoms with Gasteiger partial charge in [0.1, 0.15) is 11.5 Å². The average Bonchev–Trinajstić information content (AvgIpc) is 3.62. The Morgan fingerprint density at radius 1 is 0.974 bits per heavy atom. The van der Waals surface area contributed by atoms with Gasteiger partial charge in [-0.2, -0.15) is 10.2 Å². The maximum Gasteiger partial charge on any atom is 0.272 e. The van der Waals surface area contributed by atoms with Crippen LogP contribution in [0.5, 0.6) is 0 Å². The average molecular weight is 509 g/mol. The Labute approximate surface area is 218 Å². The molecule has 3 unspecified atom stereocenters. The predicted octanol–water partition coefficient (Wildman–Crippen LogP) is 4.42. The van der Waals surface area contributed by atoms with Crippen molar-refractivity contribution in [1.82, 2.24) is 24.9 Å². The van der Waals surface area contributed by atoms with Gasteiger partial charge in [-0.05, 0) is 54.1 Å². The fourth-order valence-electron chi connectivity index (χ4n) is 5.16. The van der Waals surface area contributed by atoms with E-state index < -0.39 is 18.0 Å². The van der Waals surface area contributed by atoms with Crippen LogP contribution in [0.2, 0.25) is 0 Å². The fourth-order valence-corrected chi connectivity index (χ4v) is 5.16. The number of nitrogens with one attached hydrogen (secondary N) is 1. The Morgan fingerprint density at radius 2 is 1.71 bits per heavy atom. The summed E-state index contributed by atoms with van der Waals surface area (Å²) in [5.41, 5.74) is 3.48. The molecule has 38 heavy (non-hydrogen) atoms. The summed E-state index contributed by atoms with van der Waals surface area (Å²) in [6.07, 6.45) is 3.43. The third kappa shape index (κ3) is 4.02. The van der Waals surface area contributed by atoms with Crippen molar-refractivity contribution in [1.29, 1.82) is 0 Å². The minimum atomic E-state index is -0.475. The lowest BCUT2D eigenvalue weighted by atomic mass is 9.94. The first-order valence-corrected chi connectivity index (χ1v) is 12.3. The lowest BCUT2D eigenvalue weighted by molar-refractivity contribution is -0.120. The second-order valence-corrected chi connectivity index (χ2v) is 9.50. The normalized spacial score (nSPS) is 19.3. The van der Waals surface area contributed by atoms with Crippen LogP contribution in [-0.2, 0) is 11.8 Å². The molecule has 1 N–H and O–H groups in total. The Kier molecular flexibility index (Phi) is 5.75. The molecular weight excluding hydrogens is 483 g/mol. The largest absolute Gasteiger partial charge is 0.345 e. The van der Waals surface area contributed by atoms with Gasteiger partial charge in [-0.15, -0.1) is 0 Å². The summed E-state index contributed by atoms with van der Waals surface area (Å²) in [6, 6.07) is 22.3. The van der Waals surface area contributed by atoms with Crippen LogP contribution in [0.4, 0.5) is 10.1 Å². The van der Waals surface area contributed by atoms with Crippen LogP contribution in [-0.4, -0.2) is 37.4 Å². The number of benzene rings is 3. The van der Waals surface area contributed by atoms with Gasteiger partial charge in [-0.25, -0.2) is 9.07 Å². The van der Waals surface area contributed by atoms with Gasteiger partial charge in [0, 0.05) is 24.3 Å². The molecule has 1 saturated heterocycles. The molecule has 9 heteroatoms. The number of carbonyl (C=O) groups excluding carboxylic acids is 2. The molecule has 2 amide bonds. The molecule has 3 heterocycles. The van der Waals surface area contributed by atoms with Crippen LogP contribution in [0, 0.1) is 11.7 Å². The third-order valence-electron chi connectivity index (χ3n) is 7.07. The van der Waals surface area contributed by atoms with Gasteiger partial charge in [0.25, 0.3) is 5.91 Å². The summed E-state index contributed by atoms with van der Waals surface area (Å²) < 4.78 is 16.7. The lowest BCUT2D eigenvalue weighted by Gasteiger charge is -2.29. The van der Waals surface area contributed by atoms with Gasteiger partial charge in [0.2, 0.25) is 5.91 Å². The topological polar surface area (TPSA) is 85.0 Å². The SMILES string of the molecule is CC1C(=O)N(c2ccc3c(cnn3-c3ccc(F)cc3)c2)C(c2ccccc2)C1NC(=O)c1ccn(C)n1. The first-order chi connectivity index (χ1) is 18.4. The first kappa shape index (κ1) is 23.6. The van der Waals surface area contributed by atoms with Crippen LogP contribution < -0.4 is 10.2 Å². The van der Waals surface area contributed by atoms with E-state index in [4.69, 9.17) is 0 Å². The van der Waals surface area contributed by atoms with Crippen LogP contribution in [0.15, 0.2) is 91.3 Å². The maximum atomic E-state index is 13.7. The monoisotopic (exact) mass is 508 g/mol. The summed E-state index contributed by atoms with van der Waals surface area (Å²) >= 11 is 0. The van der Waals surface area contributed by atoms with E-state index in [0.29, 0.717) is 11.4 Å². The molecule has 0 bridgehead atoms. The Hall–Kier alpha value is -4.79. The molecule has 3 atom stereocenters. The number of aromatic nitrogens is 4. The molecular formula is C29H25FN6O2. The van der Waals surface area contributed by atoms with E-state index >= 15 is 0 Å². The van der Waals surface area contributed by atoms with E-state index in [-0.39, 0.29) is 17.6 Å². The highest BCUT2D eigenvalue weighted by Gasteiger charge is 2.48. The second-order valence-electron chi connectivity index (χ2n) is 9.50. The summed E-state index contributed by atoms with van der Waals surface area (Å²) in [5.74, 6) is -1.19. The molecule has 190 valence electrons. The minimum Gasteiger partial charge on any atom is -0.345 e. The summed E-state index contributed by atoms with van der Waals surface area (Å²) in [6.45, 7) is 1.84. The fraction of sp³-hybridized carbons (Fsp3) is 0.172. The summed E-state index contributed by atoms with van der Waals surface area (Å²) in [4.78, 5) is 28.5. The Balaban J connectivity index is 1.39. The Bertz CT molecular complexity index is 1640. The number of hydrogen-bond acceptors (Lipinski definition) is 4. The van der Waals surface area contributed by atoms with Gasteiger partial charge >= 0.3 is 0 Å². The highest BCUT2D eigenvalue weighted by Crippen LogP contribution is 2.41. The first-order valence-electron chi connectivity index (χ1n) is 12.3. The number of hydrogen-bond donors (Lipinski definition) is 1. The number of anilines is 1. The van der Waals surface area contributed by atoms with Crippen molar-refractivity contribution >= 4 is 28.4 Å². The van der Waals surface area contributed by atoms with Crippen molar-refractivity contribution in [2.24, 2.45) is 13.0 Å². The van der Waals surface area contributed by atoms with E-state index in [1.807, 2.05) is 55.5 Å². The van der Waals surface area contributed by atoms with E-state index in [1.165, 1.54) is 12.1 Å². The zero-order chi connectivity index (χ0) is 26.4. The molecule has 8 nitrogen and oxygen atoms in total. The minimum absolute atomic E-state index is 0.0875. The molecule has 0 spiro atoms. The van der Waals surface area contributed by atoms with Gasteiger partial charge < -0.3 is 10.2 Å². The van der Waals surface area contributed by atoms with Crippen LogP contribution in [0.1, 0.15) is 29.0 Å². The molecule has 0 aliphatic carbocycles. The standard InChI is InChI=1S/C29H25FN6O2/c1-18-26(32-28(37)24-14-15-34(2)33-24)27(19-6-4-3-5-7-19)35(29(18)38)23-12-13-25-20(16-23)17-31-36(25)22-10-8-21(30)9-11-22/h3-18,26-27H,1-2H3,(H,32,37). The van der Waals surface area contributed by atoms with Crippen molar-refractivity contribution < 1.29 is 14.0 Å². The molecule has 0 radical (unpaired) electrons. The van der Waals surface area contributed by atoms with E-state index in [2.05, 4.69) is 15.5 Å². The molecule has 5 aromatic rings. The maximum absolute atomic E-state index is 13.7. The lowest BCUT2D eigenvalue weighted by Crippen LogP contribution is -2.42. The molecule has 3 aromatic carbocycles. The zero-order valence-corrected chi connectivity index (χ0v) is 20.8. The highest BCUT2D eigenvalue weighted by molar-refractivity contribution is 6.02. The van der Waals surface area contributed by atoms with E-state index in [9.17, 15) is 14.0 Å². The number of fused-ring (bicyclic) bond motifs is 1. The summed E-state index contributed by atoms with van der Waals surface area (Å²) in [7, 11) is 1.75. The zero-order valence-electron chi connectivity index (χ0n) is 20.8. The molecule has 1 aliphatic heterocycles. The van der Waals surface area contributed by atoms with Crippen molar-refractivity contribution in [2.75, 3.05) is 4.90 Å². The highest BCUT2D eigenvalue weighted by atomic mass is 19.1. The van der Waals surface area contributed by atoms with E-state index in [1.54, 1.807) is 51.9 Å². The summed E-state index contributed by atoms with van der Waals surface area (Å²) in [5, 5.41) is 12.6. The van der Waals surface area contributed by atoms with Crippen molar-refractivity contribution in [3.63, 3.8) is 0 Å². The number of rotatable bonds is 5. The van der Waals surface area contributed by atoms with Crippen LogP contribution in [0.3, 0.4) is 0 Å². The number of halogens is 1. The quantitative estimate of drug-likeness (QED) is 0.381. The van der Waals surface area contributed by atoms with Crippen molar-refractivity contribution in [3.05, 3.63) is 108 Å². The molecule has 6 rings (SSSR count). The smallest absolute Gasteiger partial charge is 0.272 e. The molecule has 1 fully saturated rings. The number of amides is 2. The van der Waals surface area contributed by atoms with E-state index in [0.717, 1.165) is 22.2 Å². The third-order valence-corrected chi connectivity index (χ3v) is 7.07. The number of nitrogens with zero attached hydrogens (tertiary/aromatic N) is 5. The van der Waals surface area contributed by atoms with Crippen LogP contribution >= 0.6 is 0 Å². The van der Waals surface area contributed by atoms with Crippen molar-refractivity contribution in [2.45, 2.75) is 19.0 Å². The number of carbonyl (C=O) groups is 2. The molecule has 2 aromatic heterocycles. The molecule has 1 aliphatic rings. The van der Waals surface area contributed by atoms with Gasteiger partial charge in [-0.1, -0.05) is 37.3 Å². The van der Waals surface area contributed by atoms with Gasteiger partial charge in [-0.3, -0.25) is 14.3 Å². The number of aryl methyl sites for hydroxylation is 1. The second kappa shape index (κ2) is 9.26. The Morgan fingerprint density at radius 3 is 2.42 bits per heavy atom. The predicted molar refractivity (Wildman–Crippen MR) is 141 cm³/mol. The molecule has 0 saturated carbocycles. The van der Waals surface area contributed by atoms with Gasteiger partial charge in [0.15, 0.2) is 0 Å². The van der Waals surface area contributed by atoms with Gasteiger partial charge in [0.05, 0.1) is 35.4 Å². The van der Waals surface area contributed by atoms with Crippen LogP contribution in [0.25, 0.3) is 16.6 Å².